The van der Waals surface area contributed by atoms with Crippen molar-refractivity contribution in [1.29, 1.82) is 5.26 Å². The molecule has 5 nitrogen and oxygen atoms in total. The first-order valence-corrected chi connectivity index (χ1v) is 7.94. The van der Waals surface area contributed by atoms with Crippen molar-refractivity contribution >= 4 is 5.82 Å². The van der Waals surface area contributed by atoms with E-state index in [1.807, 2.05) is 38.1 Å². The molecule has 1 aromatic carbocycles. The fraction of sp³-hybridized carbons (Fsp3) is 0.389. The molecule has 0 aliphatic carbocycles. The Balaban J connectivity index is 2.06. The summed E-state index contributed by atoms with van der Waals surface area (Å²) in [6.07, 6.45) is 2.37. The van der Waals surface area contributed by atoms with Crippen molar-refractivity contribution in [2.75, 3.05) is 11.9 Å². The highest BCUT2D eigenvalue weighted by atomic mass is 16.3. The molecule has 5 heteroatoms. The van der Waals surface area contributed by atoms with Gasteiger partial charge in [-0.05, 0) is 36.0 Å². The number of hydrogen-bond donors (Lipinski definition) is 2. The second-order valence-corrected chi connectivity index (χ2v) is 5.32. The number of anilines is 1. The van der Waals surface area contributed by atoms with Gasteiger partial charge in [0.2, 0.25) is 0 Å². The van der Waals surface area contributed by atoms with Crippen LogP contribution in [0.5, 0.6) is 0 Å². The number of nitriles is 1. The molecular weight excluding hydrogens is 288 g/mol. The average molecular weight is 310 g/mol. The highest BCUT2D eigenvalue weighted by Gasteiger charge is 2.13. The minimum atomic E-state index is 0.0588. The molecule has 0 bridgehead atoms. The van der Waals surface area contributed by atoms with E-state index in [1.165, 1.54) is 5.56 Å². The summed E-state index contributed by atoms with van der Waals surface area (Å²) >= 11 is 0. The van der Waals surface area contributed by atoms with Crippen molar-refractivity contribution in [3.8, 4) is 6.07 Å². The number of aliphatic hydroxyl groups is 1. The zero-order valence-electron chi connectivity index (χ0n) is 13.6. The van der Waals surface area contributed by atoms with E-state index in [1.54, 1.807) is 0 Å². The molecule has 120 valence electrons. The first-order valence-electron chi connectivity index (χ1n) is 7.94. The molecule has 0 spiro atoms. The number of hydrogen-bond acceptors (Lipinski definition) is 5. The lowest BCUT2D eigenvalue weighted by atomic mass is 10.0. The van der Waals surface area contributed by atoms with Gasteiger partial charge in [0.15, 0.2) is 5.82 Å². The summed E-state index contributed by atoms with van der Waals surface area (Å²) < 4.78 is 0. The standard InChI is InChI=1S/C18H22N4O/c1-3-15-16(11-19)18(22-21-17(15)4-2)20-10-9-13-5-7-14(12-23)8-6-13/h5-8,23H,3-4,9-10,12H2,1-2H3,(H,20,22). The molecule has 2 rings (SSSR count). The Morgan fingerprint density at radius 1 is 1.09 bits per heavy atom. The molecule has 0 saturated carbocycles. The van der Waals surface area contributed by atoms with Crippen LogP contribution in [0.2, 0.25) is 0 Å². The molecule has 0 saturated heterocycles. The predicted molar refractivity (Wildman–Crippen MR) is 90.1 cm³/mol. The molecule has 0 atom stereocenters. The lowest BCUT2D eigenvalue weighted by molar-refractivity contribution is 0.282. The molecule has 0 unspecified atom stereocenters. The maximum atomic E-state index is 9.44. The molecule has 2 N–H and O–H groups in total. The van der Waals surface area contributed by atoms with Gasteiger partial charge in [0, 0.05) is 6.54 Å². The van der Waals surface area contributed by atoms with Crippen LogP contribution in [0.4, 0.5) is 5.82 Å². The first-order chi connectivity index (χ1) is 11.2. The summed E-state index contributed by atoms with van der Waals surface area (Å²) in [6.45, 7) is 4.79. The fourth-order valence-electron chi connectivity index (χ4n) is 2.55. The SMILES string of the molecule is CCc1nnc(NCCc2ccc(CO)cc2)c(C#N)c1CC. The average Bonchev–Trinajstić information content (AvgIpc) is 2.61. The molecule has 23 heavy (non-hydrogen) atoms. The Kier molecular flexibility index (Phi) is 6.07. The van der Waals surface area contributed by atoms with E-state index in [-0.39, 0.29) is 6.61 Å². The Morgan fingerprint density at radius 3 is 2.35 bits per heavy atom. The lowest BCUT2D eigenvalue weighted by Gasteiger charge is -2.12. The molecule has 0 fully saturated rings. The smallest absolute Gasteiger partial charge is 0.166 e. The van der Waals surface area contributed by atoms with Gasteiger partial charge in [-0.2, -0.15) is 10.4 Å². The van der Waals surface area contributed by atoms with Crippen LogP contribution < -0.4 is 5.32 Å². The third kappa shape index (κ3) is 4.05. The van der Waals surface area contributed by atoms with Gasteiger partial charge in [0.05, 0.1) is 12.3 Å². The lowest BCUT2D eigenvalue weighted by Crippen LogP contribution is -2.12. The van der Waals surface area contributed by atoms with Crippen LogP contribution in [-0.2, 0) is 25.9 Å². The number of benzene rings is 1. The van der Waals surface area contributed by atoms with Crippen molar-refractivity contribution in [1.82, 2.24) is 10.2 Å². The van der Waals surface area contributed by atoms with Gasteiger partial charge in [-0.1, -0.05) is 38.1 Å². The Morgan fingerprint density at radius 2 is 1.78 bits per heavy atom. The molecule has 0 aliphatic heterocycles. The quantitative estimate of drug-likeness (QED) is 0.821. The number of rotatable bonds is 7. The van der Waals surface area contributed by atoms with E-state index < -0.39 is 0 Å². The molecule has 1 heterocycles. The van der Waals surface area contributed by atoms with E-state index in [0.29, 0.717) is 17.9 Å². The van der Waals surface area contributed by atoms with Crippen LogP contribution in [0, 0.1) is 11.3 Å². The number of nitrogens with zero attached hydrogens (tertiary/aromatic N) is 3. The summed E-state index contributed by atoms with van der Waals surface area (Å²) in [5, 5.41) is 30.1. The summed E-state index contributed by atoms with van der Waals surface area (Å²) in [4.78, 5) is 0. The number of aliphatic hydroxyl groups excluding tert-OH is 1. The van der Waals surface area contributed by atoms with E-state index >= 15 is 0 Å². The highest BCUT2D eigenvalue weighted by molar-refractivity contribution is 5.56. The Labute approximate surface area is 137 Å². The third-order valence-electron chi connectivity index (χ3n) is 3.87. The minimum Gasteiger partial charge on any atom is -0.392 e. The fourth-order valence-corrected chi connectivity index (χ4v) is 2.55. The van der Waals surface area contributed by atoms with E-state index in [2.05, 4.69) is 21.6 Å². The zero-order valence-corrected chi connectivity index (χ0v) is 13.6. The van der Waals surface area contributed by atoms with Gasteiger partial charge < -0.3 is 10.4 Å². The van der Waals surface area contributed by atoms with Gasteiger partial charge in [-0.15, -0.1) is 5.10 Å². The van der Waals surface area contributed by atoms with Gasteiger partial charge >= 0.3 is 0 Å². The third-order valence-corrected chi connectivity index (χ3v) is 3.87. The van der Waals surface area contributed by atoms with Gasteiger partial charge in [-0.3, -0.25) is 0 Å². The minimum absolute atomic E-state index is 0.0588. The van der Waals surface area contributed by atoms with Crippen molar-refractivity contribution in [2.24, 2.45) is 0 Å². The van der Waals surface area contributed by atoms with E-state index in [9.17, 15) is 5.26 Å². The summed E-state index contributed by atoms with van der Waals surface area (Å²) in [6, 6.07) is 10.1. The van der Waals surface area contributed by atoms with Crippen molar-refractivity contribution in [3.63, 3.8) is 0 Å². The highest BCUT2D eigenvalue weighted by Crippen LogP contribution is 2.19. The second kappa shape index (κ2) is 8.25. The number of nitrogens with one attached hydrogen (secondary N) is 1. The molecule has 0 aliphatic rings. The number of aromatic nitrogens is 2. The van der Waals surface area contributed by atoms with Crippen LogP contribution in [0.25, 0.3) is 0 Å². The van der Waals surface area contributed by atoms with E-state index in [0.717, 1.165) is 36.1 Å². The normalized spacial score (nSPS) is 10.3. The van der Waals surface area contributed by atoms with Crippen LogP contribution >= 0.6 is 0 Å². The molecule has 0 amide bonds. The number of aryl methyl sites for hydroxylation is 1. The first kappa shape index (κ1) is 16.9. The van der Waals surface area contributed by atoms with Crippen molar-refractivity contribution < 1.29 is 5.11 Å². The largest absolute Gasteiger partial charge is 0.392 e. The van der Waals surface area contributed by atoms with Crippen molar-refractivity contribution in [3.05, 3.63) is 52.2 Å². The summed E-state index contributed by atoms with van der Waals surface area (Å²) in [5.74, 6) is 0.563. The summed E-state index contributed by atoms with van der Waals surface area (Å²) in [7, 11) is 0. The van der Waals surface area contributed by atoms with Gasteiger partial charge in [0.25, 0.3) is 0 Å². The summed E-state index contributed by atoms with van der Waals surface area (Å²) in [5.41, 5.74) is 4.56. The topological polar surface area (TPSA) is 81.8 Å². The Bertz CT molecular complexity index is 689. The Hall–Kier alpha value is -2.45. The van der Waals surface area contributed by atoms with Crippen LogP contribution in [-0.4, -0.2) is 21.8 Å². The van der Waals surface area contributed by atoms with Crippen molar-refractivity contribution in [2.45, 2.75) is 39.7 Å². The van der Waals surface area contributed by atoms with Crippen LogP contribution in [0.3, 0.4) is 0 Å². The second-order valence-electron chi connectivity index (χ2n) is 5.32. The molecular formula is C18H22N4O. The van der Waals surface area contributed by atoms with E-state index in [4.69, 9.17) is 5.11 Å². The monoisotopic (exact) mass is 310 g/mol. The maximum absolute atomic E-state index is 9.44. The molecule has 1 aromatic heterocycles. The molecule has 2 aromatic rings. The van der Waals surface area contributed by atoms with Crippen LogP contribution in [0.1, 0.15) is 41.8 Å². The predicted octanol–water partition coefficient (Wildman–Crippen LogP) is 2.62. The van der Waals surface area contributed by atoms with Crippen LogP contribution in [0.15, 0.2) is 24.3 Å². The maximum Gasteiger partial charge on any atom is 0.166 e. The molecule has 0 radical (unpaired) electrons. The zero-order chi connectivity index (χ0) is 16.7. The van der Waals surface area contributed by atoms with Gasteiger partial charge in [0.1, 0.15) is 11.6 Å². The van der Waals surface area contributed by atoms with Gasteiger partial charge in [-0.25, -0.2) is 0 Å².